The molecule has 5 heteroatoms. The maximum atomic E-state index is 12.9. The second-order valence-corrected chi connectivity index (χ2v) is 10.4. The van der Waals surface area contributed by atoms with Crippen LogP contribution in [0.3, 0.4) is 0 Å². The smallest absolute Gasteiger partial charge is 0.338 e. The van der Waals surface area contributed by atoms with E-state index in [-0.39, 0.29) is 42.5 Å². The number of fused-ring (bicyclic) bond motifs is 2. The van der Waals surface area contributed by atoms with Gasteiger partial charge >= 0.3 is 11.9 Å². The molecule has 0 spiro atoms. The van der Waals surface area contributed by atoms with Gasteiger partial charge in [-0.3, -0.25) is 9.69 Å². The molecule has 5 atom stereocenters. The number of rotatable bonds is 8. The Morgan fingerprint density at radius 3 is 2.38 bits per heavy atom. The molecule has 1 unspecified atom stereocenters. The first-order valence-corrected chi connectivity index (χ1v) is 12.6. The summed E-state index contributed by atoms with van der Waals surface area (Å²) in [5, 5.41) is 0. The third-order valence-electron chi connectivity index (χ3n) is 7.53. The summed E-state index contributed by atoms with van der Waals surface area (Å²) in [6, 6.07) is 18.0. The van der Waals surface area contributed by atoms with Crippen molar-refractivity contribution in [2.75, 3.05) is 13.7 Å². The first-order chi connectivity index (χ1) is 16.3. The van der Waals surface area contributed by atoms with E-state index in [1.165, 1.54) is 5.56 Å². The summed E-state index contributed by atoms with van der Waals surface area (Å²) in [6.45, 7) is 6.56. The van der Waals surface area contributed by atoms with Crippen molar-refractivity contribution in [1.82, 2.24) is 4.90 Å². The first-order valence-electron chi connectivity index (χ1n) is 12.6. The van der Waals surface area contributed by atoms with Gasteiger partial charge in [-0.2, -0.15) is 0 Å². The number of hydrogen-bond donors (Lipinski definition) is 0. The van der Waals surface area contributed by atoms with Crippen LogP contribution in [-0.2, 0) is 20.7 Å². The SMILES string of the molecule is CC(C)Cc1ccc(C(C)C(=O)OC[C@H]2[C@@H](OC(=O)c3ccccc3)C[C@@H]3CC[C@H]2N3C)cc1. The van der Waals surface area contributed by atoms with Gasteiger partial charge in [0.1, 0.15) is 6.10 Å². The maximum absolute atomic E-state index is 12.9. The molecule has 2 heterocycles. The summed E-state index contributed by atoms with van der Waals surface area (Å²) < 4.78 is 11.8. The molecule has 34 heavy (non-hydrogen) atoms. The summed E-state index contributed by atoms with van der Waals surface area (Å²) in [7, 11) is 2.13. The Morgan fingerprint density at radius 1 is 1.00 bits per heavy atom. The van der Waals surface area contributed by atoms with Gasteiger partial charge in [0.2, 0.25) is 0 Å². The summed E-state index contributed by atoms with van der Waals surface area (Å²) in [5.74, 6) is -0.300. The van der Waals surface area contributed by atoms with E-state index in [4.69, 9.17) is 9.47 Å². The summed E-state index contributed by atoms with van der Waals surface area (Å²) in [4.78, 5) is 28.1. The quantitative estimate of drug-likeness (QED) is 0.501. The predicted molar refractivity (Wildman–Crippen MR) is 133 cm³/mol. The molecular formula is C29H37NO4. The van der Waals surface area contributed by atoms with E-state index >= 15 is 0 Å². The Labute approximate surface area is 203 Å². The van der Waals surface area contributed by atoms with E-state index in [1.54, 1.807) is 12.1 Å². The lowest BCUT2D eigenvalue weighted by Gasteiger charge is -2.42. The number of piperidine rings is 1. The lowest BCUT2D eigenvalue weighted by Crippen LogP contribution is -2.52. The van der Waals surface area contributed by atoms with Gasteiger partial charge < -0.3 is 9.47 Å². The Hall–Kier alpha value is -2.66. The average Bonchev–Trinajstić information content (AvgIpc) is 3.08. The molecule has 2 aliphatic rings. The molecule has 2 aromatic rings. The molecule has 2 aromatic carbocycles. The highest BCUT2D eigenvalue weighted by atomic mass is 16.6. The lowest BCUT2D eigenvalue weighted by atomic mass is 9.88. The molecule has 0 N–H and O–H groups in total. The summed E-state index contributed by atoms with van der Waals surface area (Å²) in [6.07, 6.45) is 3.68. The molecule has 2 aliphatic heterocycles. The van der Waals surface area contributed by atoms with E-state index < -0.39 is 0 Å². The second kappa shape index (κ2) is 10.7. The van der Waals surface area contributed by atoms with Gasteiger partial charge in [0, 0.05) is 24.4 Å². The number of ether oxygens (including phenoxy) is 2. The topological polar surface area (TPSA) is 55.8 Å². The van der Waals surface area contributed by atoms with Crippen LogP contribution in [0, 0.1) is 11.8 Å². The Kier molecular flexibility index (Phi) is 7.72. The molecule has 2 fully saturated rings. The van der Waals surface area contributed by atoms with Gasteiger partial charge in [-0.1, -0.05) is 56.3 Å². The number of benzene rings is 2. The van der Waals surface area contributed by atoms with Crippen molar-refractivity contribution in [3.05, 3.63) is 71.3 Å². The van der Waals surface area contributed by atoms with Crippen LogP contribution in [0.2, 0.25) is 0 Å². The zero-order valence-corrected chi connectivity index (χ0v) is 20.8. The van der Waals surface area contributed by atoms with Crippen LogP contribution in [0.15, 0.2) is 54.6 Å². The van der Waals surface area contributed by atoms with Crippen molar-refractivity contribution in [3.63, 3.8) is 0 Å². The fourth-order valence-corrected chi connectivity index (χ4v) is 5.52. The minimum atomic E-state index is -0.337. The molecule has 182 valence electrons. The minimum Gasteiger partial charge on any atom is -0.465 e. The van der Waals surface area contributed by atoms with Crippen LogP contribution in [0.1, 0.15) is 67.4 Å². The van der Waals surface area contributed by atoms with Crippen molar-refractivity contribution >= 4 is 11.9 Å². The fraction of sp³-hybridized carbons (Fsp3) is 0.517. The zero-order valence-electron chi connectivity index (χ0n) is 20.8. The number of nitrogens with zero attached hydrogens (tertiary/aromatic N) is 1. The number of esters is 2. The van der Waals surface area contributed by atoms with Gasteiger partial charge in [-0.05, 0) is 62.4 Å². The molecule has 0 radical (unpaired) electrons. The lowest BCUT2D eigenvalue weighted by molar-refractivity contribution is -0.150. The molecule has 0 aromatic heterocycles. The highest BCUT2D eigenvalue weighted by molar-refractivity contribution is 5.89. The maximum Gasteiger partial charge on any atom is 0.338 e. The van der Waals surface area contributed by atoms with E-state index in [0.717, 1.165) is 31.2 Å². The first kappa shape index (κ1) is 24.5. The third-order valence-corrected chi connectivity index (χ3v) is 7.53. The molecule has 5 nitrogen and oxygen atoms in total. The van der Waals surface area contributed by atoms with Gasteiger partial charge in [0.25, 0.3) is 0 Å². The summed E-state index contributed by atoms with van der Waals surface area (Å²) in [5.41, 5.74) is 2.80. The van der Waals surface area contributed by atoms with E-state index in [1.807, 2.05) is 37.3 Å². The monoisotopic (exact) mass is 463 g/mol. The molecule has 4 rings (SSSR count). The van der Waals surface area contributed by atoms with Gasteiger partial charge in [0.05, 0.1) is 18.1 Å². The molecular weight excluding hydrogens is 426 g/mol. The van der Waals surface area contributed by atoms with E-state index in [2.05, 4.69) is 37.9 Å². The largest absolute Gasteiger partial charge is 0.465 e. The van der Waals surface area contributed by atoms with Crippen molar-refractivity contribution in [2.45, 2.75) is 70.6 Å². The van der Waals surface area contributed by atoms with Crippen LogP contribution in [0.4, 0.5) is 0 Å². The van der Waals surface area contributed by atoms with E-state index in [0.29, 0.717) is 17.5 Å². The highest BCUT2D eigenvalue weighted by Crippen LogP contribution is 2.40. The molecule has 2 bridgehead atoms. The summed E-state index contributed by atoms with van der Waals surface area (Å²) >= 11 is 0. The van der Waals surface area contributed by atoms with Crippen molar-refractivity contribution in [1.29, 1.82) is 0 Å². The number of carbonyl (C=O) groups is 2. The standard InChI is InChI=1S/C29H37NO4/c1-19(2)16-21-10-12-22(13-11-21)20(3)28(31)33-18-25-26-15-14-24(30(26)4)17-27(25)34-29(32)23-8-6-5-7-9-23/h5-13,19-20,24-27H,14-18H2,1-4H3/t20?,24-,25+,26+,27-/m0/s1. The van der Waals surface area contributed by atoms with Crippen LogP contribution in [0.5, 0.6) is 0 Å². The normalized spacial score (nSPS) is 25.2. The van der Waals surface area contributed by atoms with Crippen molar-refractivity contribution < 1.29 is 19.1 Å². The fourth-order valence-electron chi connectivity index (χ4n) is 5.52. The highest BCUT2D eigenvalue weighted by Gasteiger charge is 2.47. The molecule has 0 amide bonds. The van der Waals surface area contributed by atoms with Crippen LogP contribution in [-0.4, -0.2) is 48.7 Å². The van der Waals surface area contributed by atoms with Gasteiger partial charge in [-0.15, -0.1) is 0 Å². The second-order valence-electron chi connectivity index (χ2n) is 10.4. The minimum absolute atomic E-state index is 0.0269. The van der Waals surface area contributed by atoms with Crippen LogP contribution >= 0.6 is 0 Å². The molecule has 2 saturated heterocycles. The third kappa shape index (κ3) is 5.52. The van der Waals surface area contributed by atoms with Gasteiger partial charge in [0.15, 0.2) is 0 Å². The number of hydrogen-bond acceptors (Lipinski definition) is 5. The van der Waals surface area contributed by atoms with Gasteiger partial charge in [-0.25, -0.2) is 4.79 Å². The Morgan fingerprint density at radius 2 is 1.71 bits per heavy atom. The number of carbonyl (C=O) groups excluding carboxylic acids is 2. The van der Waals surface area contributed by atoms with E-state index in [9.17, 15) is 9.59 Å². The predicted octanol–water partition coefficient (Wildman–Crippen LogP) is 5.24. The van der Waals surface area contributed by atoms with Crippen molar-refractivity contribution in [3.8, 4) is 0 Å². The molecule has 0 aliphatic carbocycles. The Balaban J connectivity index is 1.40. The molecule has 0 saturated carbocycles. The van der Waals surface area contributed by atoms with Crippen LogP contribution < -0.4 is 0 Å². The average molecular weight is 464 g/mol. The van der Waals surface area contributed by atoms with Crippen LogP contribution in [0.25, 0.3) is 0 Å². The van der Waals surface area contributed by atoms with Crippen molar-refractivity contribution in [2.24, 2.45) is 11.8 Å². The zero-order chi connectivity index (χ0) is 24.2. The Bertz CT molecular complexity index is 971.